The van der Waals surface area contributed by atoms with E-state index in [1.807, 2.05) is 31.2 Å². The van der Waals surface area contributed by atoms with Crippen LogP contribution < -0.4 is 9.64 Å². The quantitative estimate of drug-likeness (QED) is 0.400. The number of anilines is 2. The van der Waals surface area contributed by atoms with Gasteiger partial charge < -0.3 is 4.74 Å². The molecule has 3 rings (SSSR count). The van der Waals surface area contributed by atoms with Gasteiger partial charge in [0.05, 0.1) is 22.4 Å². The van der Waals surface area contributed by atoms with Crippen molar-refractivity contribution in [2.75, 3.05) is 4.90 Å². The van der Waals surface area contributed by atoms with Gasteiger partial charge in [-0.2, -0.15) is 0 Å². The number of rotatable bonds is 7. The molecule has 3 aromatic rings. The third-order valence-corrected chi connectivity index (χ3v) is 5.04. The van der Waals surface area contributed by atoms with Gasteiger partial charge in [-0.15, -0.1) is 11.3 Å². The molecule has 29 heavy (non-hydrogen) atoms. The summed E-state index contributed by atoms with van der Waals surface area (Å²) in [5.74, 6) is -1.10. The first-order valence-electron chi connectivity index (χ1n) is 8.80. The van der Waals surface area contributed by atoms with Crippen LogP contribution in [0.15, 0.2) is 47.8 Å². The summed E-state index contributed by atoms with van der Waals surface area (Å²) in [4.78, 5) is 28.3. The number of nitro groups is 1. The van der Waals surface area contributed by atoms with Crippen molar-refractivity contribution in [3.05, 3.63) is 75.0 Å². The van der Waals surface area contributed by atoms with Crippen molar-refractivity contribution in [3.8, 4) is 5.75 Å². The number of hydrogen-bond acceptors (Lipinski definition) is 6. The second-order valence-corrected chi connectivity index (χ2v) is 6.96. The Labute approximate surface area is 170 Å². The number of amides is 1. The minimum atomic E-state index is -0.822. The highest BCUT2D eigenvalue weighted by molar-refractivity contribution is 7.14. The Bertz CT molecular complexity index is 1050. The molecule has 0 unspecified atom stereocenters. The second-order valence-electron chi connectivity index (χ2n) is 6.12. The molecule has 1 heterocycles. The molecule has 0 atom stereocenters. The number of ether oxygens (including phenoxy) is 1. The van der Waals surface area contributed by atoms with Crippen molar-refractivity contribution in [1.82, 2.24) is 4.98 Å². The van der Waals surface area contributed by atoms with Gasteiger partial charge in [0.15, 0.2) is 16.7 Å². The summed E-state index contributed by atoms with van der Waals surface area (Å²) in [6.45, 7) is 3.44. The van der Waals surface area contributed by atoms with Crippen molar-refractivity contribution < 1.29 is 18.8 Å². The molecular weight excluding hydrogens is 397 g/mol. The maximum Gasteiger partial charge on any atom is 0.272 e. The Kier molecular flexibility index (Phi) is 6.18. The first-order valence-corrected chi connectivity index (χ1v) is 9.68. The third-order valence-electron chi connectivity index (χ3n) is 4.16. The molecule has 0 aliphatic rings. The monoisotopic (exact) mass is 415 g/mol. The van der Waals surface area contributed by atoms with Crippen LogP contribution in [0, 0.1) is 15.9 Å². The Balaban J connectivity index is 1.79. The molecule has 0 saturated carbocycles. The highest BCUT2D eigenvalue weighted by atomic mass is 32.1. The van der Waals surface area contributed by atoms with Crippen molar-refractivity contribution in [2.45, 2.75) is 26.9 Å². The number of hydrogen-bond donors (Lipinski definition) is 0. The summed E-state index contributed by atoms with van der Waals surface area (Å²) < 4.78 is 19.4. The fourth-order valence-corrected chi connectivity index (χ4v) is 3.64. The summed E-state index contributed by atoms with van der Waals surface area (Å²) in [6, 6.07) is 10.8. The van der Waals surface area contributed by atoms with Gasteiger partial charge in [-0.25, -0.2) is 9.37 Å². The Hall–Kier alpha value is -3.33. The van der Waals surface area contributed by atoms with Gasteiger partial charge in [0, 0.05) is 18.4 Å². The lowest BCUT2D eigenvalue weighted by Gasteiger charge is -2.20. The molecule has 0 fully saturated rings. The summed E-state index contributed by atoms with van der Waals surface area (Å²) >= 11 is 1.28. The van der Waals surface area contributed by atoms with Crippen LogP contribution in [0.2, 0.25) is 0 Å². The number of carbonyl (C=O) groups is 1. The van der Waals surface area contributed by atoms with Crippen LogP contribution in [0.5, 0.6) is 5.75 Å². The van der Waals surface area contributed by atoms with E-state index < -0.39 is 10.7 Å². The van der Waals surface area contributed by atoms with Crippen molar-refractivity contribution in [1.29, 1.82) is 0 Å². The van der Waals surface area contributed by atoms with Crippen LogP contribution in [-0.2, 0) is 17.8 Å². The highest BCUT2D eigenvalue weighted by Gasteiger charge is 2.20. The summed E-state index contributed by atoms with van der Waals surface area (Å²) in [7, 11) is 0. The van der Waals surface area contributed by atoms with E-state index in [0.29, 0.717) is 10.8 Å². The topological polar surface area (TPSA) is 85.6 Å². The number of nitrogens with zero attached hydrogens (tertiary/aromatic N) is 3. The SMILES string of the molecule is CCc1ccccc1N(C(C)=O)c1nc(COc2ccc([N+](=O)[O-])cc2F)cs1. The van der Waals surface area contributed by atoms with Crippen LogP contribution in [0.25, 0.3) is 0 Å². The van der Waals surface area contributed by atoms with Gasteiger partial charge in [0.25, 0.3) is 5.69 Å². The summed E-state index contributed by atoms with van der Waals surface area (Å²) in [6.07, 6.45) is 0.765. The van der Waals surface area contributed by atoms with Crippen LogP contribution in [0.4, 0.5) is 20.9 Å². The molecule has 150 valence electrons. The molecule has 7 nitrogen and oxygen atoms in total. The number of para-hydroxylation sites is 1. The van der Waals surface area contributed by atoms with Gasteiger partial charge in [-0.1, -0.05) is 25.1 Å². The van der Waals surface area contributed by atoms with E-state index in [1.54, 1.807) is 10.3 Å². The molecule has 9 heteroatoms. The van der Waals surface area contributed by atoms with Crippen LogP contribution in [0.1, 0.15) is 25.1 Å². The van der Waals surface area contributed by atoms with Crippen LogP contribution in [-0.4, -0.2) is 15.8 Å². The van der Waals surface area contributed by atoms with Crippen LogP contribution >= 0.6 is 11.3 Å². The van der Waals surface area contributed by atoms with E-state index in [2.05, 4.69) is 4.98 Å². The van der Waals surface area contributed by atoms with E-state index in [-0.39, 0.29) is 24.0 Å². The lowest BCUT2D eigenvalue weighted by molar-refractivity contribution is -0.385. The molecule has 0 bridgehead atoms. The van der Waals surface area contributed by atoms with E-state index in [0.717, 1.165) is 23.7 Å². The highest BCUT2D eigenvalue weighted by Crippen LogP contribution is 2.32. The first kappa shape index (κ1) is 20.4. The van der Waals surface area contributed by atoms with Gasteiger partial charge in [0.2, 0.25) is 5.91 Å². The number of benzene rings is 2. The predicted molar refractivity (Wildman–Crippen MR) is 108 cm³/mol. The molecule has 1 aromatic heterocycles. The van der Waals surface area contributed by atoms with Gasteiger partial charge in [-0.05, 0) is 24.1 Å². The molecular formula is C20H18FN3O4S. The molecule has 0 aliphatic heterocycles. The van der Waals surface area contributed by atoms with Crippen molar-refractivity contribution in [3.63, 3.8) is 0 Å². The fraction of sp³-hybridized carbons (Fsp3) is 0.200. The number of non-ortho nitro benzene ring substituents is 1. The van der Waals surface area contributed by atoms with Crippen molar-refractivity contribution in [2.24, 2.45) is 0 Å². The molecule has 2 aromatic carbocycles. The van der Waals surface area contributed by atoms with Gasteiger partial charge in [-0.3, -0.25) is 19.8 Å². The zero-order valence-corrected chi connectivity index (χ0v) is 16.6. The fourth-order valence-electron chi connectivity index (χ4n) is 2.77. The number of aromatic nitrogens is 1. The largest absolute Gasteiger partial charge is 0.484 e. The minimum Gasteiger partial charge on any atom is -0.484 e. The van der Waals surface area contributed by atoms with E-state index in [1.165, 1.54) is 30.4 Å². The van der Waals surface area contributed by atoms with E-state index in [9.17, 15) is 19.3 Å². The average Bonchev–Trinajstić information content (AvgIpc) is 3.15. The number of aryl methyl sites for hydroxylation is 1. The summed E-state index contributed by atoms with van der Waals surface area (Å²) in [5.41, 5.74) is 1.95. The number of nitro benzene ring substituents is 1. The molecule has 0 radical (unpaired) electrons. The number of thiazole rings is 1. The Morgan fingerprint density at radius 2 is 2.07 bits per heavy atom. The number of carbonyl (C=O) groups excluding carboxylic acids is 1. The average molecular weight is 415 g/mol. The van der Waals surface area contributed by atoms with Crippen molar-refractivity contribution >= 4 is 33.8 Å². The number of halogens is 1. The first-order chi connectivity index (χ1) is 13.9. The Morgan fingerprint density at radius 3 is 2.72 bits per heavy atom. The van der Waals surface area contributed by atoms with Crippen LogP contribution in [0.3, 0.4) is 0 Å². The normalized spacial score (nSPS) is 10.6. The maximum absolute atomic E-state index is 14.0. The zero-order chi connectivity index (χ0) is 21.0. The van der Waals surface area contributed by atoms with Gasteiger partial charge >= 0.3 is 0 Å². The molecule has 1 amide bonds. The predicted octanol–water partition coefficient (Wildman–Crippen LogP) is 5.02. The summed E-state index contributed by atoms with van der Waals surface area (Å²) in [5, 5.41) is 12.9. The lowest BCUT2D eigenvalue weighted by Crippen LogP contribution is -2.23. The molecule has 0 N–H and O–H groups in total. The molecule has 0 saturated heterocycles. The van der Waals surface area contributed by atoms with Gasteiger partial charge in [0.1, 0.15) is 6.61 Å². The smallest absolute Gasteiger partial charge is 0.272 e. The standard InChI is InChI=1S/C20H18FN3O4S/c1-3-14-6-4-5-7-18(14)23(13(2)25)20-22-15(12-29-20)11-28-19-9-8-16(24(26)27)10-17(19)21/h4-10,12H,3,11H2,1-2H3. The molecule has 0 aliphatic carbocycles. The zero-order valence-electron chi connectivity index (χ0n) is 15.8. The maximum atomic E-state index is 14.0. The second kappa shape index (κ2) is 8.78. The van der Waals surface area contributed by atoms with E-state index >= 15 is 0 Å². The Morgan fingerprint density at radius 1 is 1.31 bits per heavy atom. The molecule has 0 spiro atoms. The third kappa shape index (κ3) is 4.57. The van der Waals surface area contributed by atoms with E-state index in [4.69, 9.17) is 4.74 Å². The minimum absolute atomic E-state index is 0.0353. The lowest BCUT2D eigenvalue weighted by atomic mass is 10.1.